The number of hydrazone groups is 1. The van der Waals surface area contributed by atoms with Crippen molar-refractivity contribution in [1.82, 2.24) is 5.01 Å². The molecular formula is C24H21ClN2O3. The summed E-state index contributed by atoms with van der Waals surface area (Å²) in [4.78, 5) is 23.7. The maximum absolute atomic E-state index is 11.9. The SMILES string of the molecule is CC(=O)N(/N=C(/c1ccc(Cl)cc1)c1ccc(OCc2ccccc2)cc1)C(C)=O. The molecule has 3 aromatic carbocycles. The van der Waals surface area contributed by atoms with E-state index in [1.807, 2.05) is 54.6 Å². The molecule has 0 heterocycles. The van der Waals surface area contributed by atoms with E-state index in [-0.39, 0.29) is 0 Å². The fraction of sp³-hybridized carbons (Fsp3) is 0.125. The monoisotopic (exact) mass is 420 g/mol. The molecule has 0 saturated heterocycles. The third-order valence-corrected chi connectivity index (χ3v) is 4.54. The number of benzene rings is 3. The normalized spacial score (nSPS) is 11.1. The highest BCUT2D eigenvalue weighted by Gasteiger charge is 2.16. The van der Waals surface area contributed by atoms with Crippen LogP contribution in [0.25, 0.3) is 0 Å². The van der Waals surface area contributed by atoms with E-state index in [0.717, 1.165) is 21.7 Å². The van der Waals surface area contributed by atoms with Gasteiger partial charge in [0.05, 0.1) is 5.71 Å². The molecule has 0 radical (unpaired) electrons. The maximum Gasteiger partial charge on any atom is 0.246 e. The summed E-state index contributed by atoms with van der Waals surface area (Å²) >= 11 is 6.00. The zero-order chi connectivity index (χ0) is 21.5. The van der Waals surface area contributed by atoms with Crippen LogP contribution in [0.3, 0.4) is 0 Å². The third-order valence-electron chi connectivity index (χ3n) is 4.29. The first kappa shape index (κ1) is 21.3. The second kappa shape index (κ2) is 9.85. The van der Waals surface area contributed by atoms with E-state index in [4.69, 9.17) is 16.3 Å². The van der Waals surface area contributed by atoms with Gasteiger partial charge in [-0.2, -0.15) is 10.1 Å². The molecule has 0 aliphatic carbocycles. The van der Waals surface area contributed by atoms with Crippen LogP contribution in [0.4, 0.5) is 0 Å². The number of carbonyl (C=O) groups is 2. The van der Waals surface area contributed by atoms with Crippen LogP contribution in [0.2, 0.25) is 5.02 Å². The van der Waals surface area contributed by atoms with Gasteiger partial charge in [-0.1, -0.05) is 54.1 Å². The zero-order valence-corrected chi connectivity index (χ0v) is 17.5. The van der Waals surface area contributed by atoms with Crippen molar-refractivity contribution in [1.29, 1.82) is 0 Å². The minimum atomic E-state index is -0.461. The van der Waals surface area contributed by atoms with Crippen molar-refractivity contribution in [3.05, 3.63) is 101 Å². The van der Waals surface area contributed by atoms with Crippen molar-refractivity contribution >= 4 is 29.1 Å². The Morgan fingerprint density at radius 3 is 1.90 bits per heavy atom. The number of ether oxygens (including phenoxy) is 1. The van der Waals surface area contributed by atoms with Gasteiger partial charge in [-0.3, -0.25) is 9.59 Å². The first-order valence-corrected chi connectivity index (χ1v) is 9.75. The minimum absolute atomic E-state index is 0.459. The Kier molecular flexibility index (Phi) is 6.99. The van der Waals surface area contributed by atoms with Crippen LogP contribution in [0, 0.1) is 0 Å². The highest BCUT2D eigenvalue weighted by atomic mass is 35.5. The van der Waals surface area contributed by atoms with E-state index in [2.05, 4.69) is 5.10 Å². The van der Waals surface area contributed by atoms with Gasteiger partial charge in [0.2, 0.25) is 11.8 Å². The summed E-state index contributed by atoms with van der Waals surface area (Å²) in [6.45, 7) is 3.05. The Labute approximate surface area is 180 Å². The van der Waals surface area contributed by atoms with E-state index < -0.39 is 11.8 Å². The predicted octanol–water partition coefficient (Wildman–Crippen LogP) is 5.07. The molecule has 3 rings (SSSR count). The standard InChI is InChI=1S/C24H21ClN2O3/c1-17(28)27(18(2)29)26-24(20-8-12-22(25)13-9-20)21-10-14-23(15-11-21)30-16-19-6-4-3-5-7-19/h3-15H,16H2,1-2H3/b26-24-. The first-order valence-electron chi connectivity index (χ1n) is 9.37. The molecule has 0 atom stereocenters. The Hall–Kier alpha value is -3.44. The summed E-state index contributed by atoms with van der Waals surface area (Å²) < 4.78 is 5.83. The van der Waals surface area contributed by atoms with Crippen molar-refractivity contribution in [2.75, 3.05) is 0 Å². The average Bonchev–Trinajstić information content (AvgIpc) is 2.74. The lowest BCUT2D eigenvalue weighted by Gasteiger charge is -2.15. The smallest absolute Gasteiger partial charge is 0.246 e. The van der Waals surface area contributed by atoms with Crippen LogP contribution in [-0.4, -0.2) is 22.5 Å². The van der Waals surface area contributed by atoms with E-state index in [0.29, 0.717) is 23.1 Å². The number of amides is 2. The van der Waals surface area contributed by atoms with Gasteiger partial charge in [-0.15, -0.1) is 0 Å². The molecule has 0 unspecified atom stereocenters. The number of hydrogen-bond donors (Lipinski definition) is 0. The van der Waals surface area contributed by atoms with Crippen LogP contribution in [-0.2, 0) is 16.2 Å². The molecule has 0 aliphatic rings. The predicted molar refractivity (Wildman–Crippen MR) is 118 cm³/mol. The molecule has 0 fully saturated rings. The van der Waals surface area contributed by atoms with Crippen LogP contribution in [0.15, 0.2) is 84.0 Å². The van der Waals surface area contributed by atoms with Crippen LogP contribution < -0.4 is 4.74 Å². The van der Waals surface area contributed by atoms with Crippen molar-refractivity contribution in [2.45, 2.75) is 20.5 Å². The van der Waals surface area contributed by atoms with Gasteiger partial charge >= 0.3 is 0 Å². The molecule has 0 saturated carbocycles. The van der Waals surface area contributed by atoms with Crippen LogP contribution in [0.5, 0.6) is 5.75 Å². The van der Waals surface area contributed by atoms with Gasteiger partial charge in [0.15, 0.2) is 0 Å². The molecule has 0 aliphatic heterocycles. The van der Waals surface area contributed by atoms with Crippen molar-refractivity contribution in [3.63, 3.8) is 0 Å². The van der Waals surface area contributed by atoms with E-state index in [1.54, 1.807) is 24.3 Å². The number of halogens is 1. The number of imide groups is 1. The Bertz CT molecular complexity index is 1030. The molecule has 2 amide bonds. The van der Waals surface area contributed by atoms with Crippen LogP contribution >= 0.6 is 11.6 Å². The van der Waals surface area contributed by atoms with Crippen molar-refractivity contribution < 1.29 is 14.3 Å². The van der Waals surface area contributed by atoms with Gasteiger partial charge in [0.25, 0.3) is 0 Å². The molecule has 6 heteroatoms. The molecule has 0 bridgehead atoms. The average molecular weight is 421 g/mol. The van der Waals surface area contributed by atoms with E-state index >= 15 is 0 Å². The molecule has 0 aromatic heterocycles. The molecule has 3 aromatic rings. The second-order valence-electron chi connectivity index (χ2n) is 6.60. The molecule has 0 N–H and O–H groups in total. The third kappa shape index (κ3) is 5.55. The summed E-state index contributed by atoms with van der Waals surface area (Å²) in [6.07, 6.45) is 0. The first-order chi connectivity index (χ1) is 14.4. The van der Waals surface area contributed by atoms with Crippen molar-refractivity contribution in [3.8, 4) is 5.75 Å². The summed E-state index contributed by atoms with van der Waals surface area (Å²) in [5, 5.41) is 5.77. The highest BCUT2D eigenvalue weighted by Crippen LogP contribution is 2.19. The molecule has 30 heavy (non-hydrogen) atoms. The van der Waals surface area contributed by atoms with Crippen molar-refractivity contribution in [2.24, 2.45) is 5.10 Å². The summed E-state index contributed by atoms with van der Waals surface area (Å²) in [5.74, 6) is -0.221. The zero-order valence-electron chi connectivity index (χ0n) is 16.7. The number of carbonyl (C=O) groups excluding carboxylic acids is 2. The lowest BCUT2D eigenvalue weighted by Crippen LogP contribution is -2.29. The number of rotatable bonds is 6. The van der Waals surface area contributed by atoms with E-state index in [1.165, 1.54) is 13.8 Å². The van der Waals surface area contributed by atoms with Crippen LogP contribution in [0.1, 0.15) is 30.5 Å². The molecule has 152 valence electrons. The van der Waals surface area contributed by atoms with Gasteiger partial charge in [-0.05, 0) is 42.0 Å². The largest absolute Gasteiger partial charge is 0.489 e. The second-order valence-corrected chi connectivity index (χ2v) is 7.04. The molecule has 0 spiro atoms. The fourth-order valence-electron chi connectivity index (χ4n) is 2.80. The van der Waals surface area contributed by atoms with Gasteiger partial charge in [-0.25, -0.2) is 0 Å². The fourth-order valence-corrected chi connectivity index (χ4v) is 2.93. The summed E-state index contributed by atoms with van der Waals surface area (Å²) in [7, 11) is 0. The molecular weight excluding hydrogens is 400 g/mol. The lowest BCUT2D eigenvalue weighted by molar-refractivity contribution is -0.142. The Morgan fingerprint density at radius 1 is 0.833 bits per heavy atom. The highest BCUT2D eigenvalue weighted by molar-refractivity contribution is 6.30. The Morgan fingerprint density at radius 2 is 1.37 bits per heavy atom. The Balaban J connectivity index is 1.90. The summed E-state index contributed by atoms with van der Waals surface area (Å²) in [5.41, 5.74) is 3.01. The molecule has 5 nitrogen and oxygen atoms in total. The maximum atomic E-state index is 11.9. The summed E-state index contributed by atoms with van der Waals surface area (Å²) in [6, 6.07) is 24.3. The van der Waals surface area contributed by atoms with Gasteiger partial charge in [0, 0.05) is 30.0 Å². The topological polar surface area (TPSA) is 59.0 Å². The van der Waals surface area contributed by atoms with Gasteiger partial charge < -0.3 is 4.74 Å². The lowest BCUT2D eigenvalue weighted by atomic mass is 10.0. The number of nitrogens with zero attached hydrogens (tertiary/aromatic N) is 2. The number of hydrogen-bond acceptors (Lipinski definition) is 4. The van der Waals surface area contributed by atoms with Gasteiger partial charge in [0.1, 0.15) is 12.4 Å². The quantitative estimate of drug-likeness (QED) is 0.413. The van der Waals surface area contributed by atoms with E-state index in [9.17, 15) is 9.59 Å². The minimum Gasteiger partial charge on any atom is -0.489 e.